The number of aromatic nitrogens is 1. The molecule has 2 aliphatic rings. The molecular formula is C20H20N4O2S. The summed E-state index contributed by atoms with van der Waals surface area (Å²) in [6, 6.07) is 8.28. The largest absolute Gasteiger partial charge is 0.381 e. The Morgan fingerprint density at radius 3 is 2.78 bits per heavy atom. The second kappa shape index (κ2) is 6.20. The van der Waals surface area contributed by atoms with Crippen molar-refractivity contribution >= 4 is 55.5 Å². The number of hydrogen-bond donors (Lipinski definition) is 2. The zero-order valence-corrected chi connectivity index (χ0v) is 15.9. The van der Waals surface area contributed by atoms with Crippen molar-refractivity contribution in [1.82, 2.24) is 10.3 Å². The van der Waals surface area contributed by atoms with E-state index in [0.717, 1.165) is 50.5 Å². The van der Waals surface area contributed by atoms with Crippen LogP contribution in [0.25, 0.3) is 21.0 Å². The lowest BCUT2D eigenvalue weighted by Crippen LogP contribution is -2.34. The number of anilines is 2. The molecule has 1 fully saturated rings. The topological polar surface area (TPSA) is 74.3 Å². The van der Waals surface area contributed by atoms with Gasteiger partial charge in [-0.25, -0.2) is 4.98 Å². The second-order valence-electron chi connectivity index (χ2n) is 7.26. The highest BCUT2D eigenvalue weighted by Crippen LogP contribution is 2.41. The van der Waals surface area contributed by atoms with E-state index in [1.165, 1.54) is 11.3 Å². The van der Waals surface area contributed by atoms with E-state index in [2.05, 4.69) is 21.6 Å². The van der Waals surface area contributed by atoms with Crippen LogP contribution in [0.1, 0.15) is 29.4 Å². The van der Waals surface area contributed by atoms with Crippen molar-refractivity contribution in [3.05, 3.63) is 29.1 Å². The summed E-state index contributed by atoms with van der Waals surface area (Å²) in [6.07, 6.45) is 1.18. The van der Waals surface area contributed by atoms with E-state index < -0.39 is 0 Å². The van der Waals surface area contributed by atoms with Crippen LogP contribution in [-0.4, -0.2) is 42.4 Å². The van der Waals surface area contributed by atoms with Crippen molar-refractivity contribution in [3.63, 3.8) is 0 Å². The molecule has 6 nitrogen and oxygen atoms in total. The molecule has 2 aliphatic heterocycles. The number of carbonyl (C=O) groups excluding carboxylic acids is 2. The van der Waals surface area contributed by atoms with Gasteiger partial charge in [0.25, 0.3) is 5.91 Å². The molecule has 3 aromatic rings. The van der Waals surface area contributed by atoms with Gasteiger partial charge in [0.1, 0.15) is 16.5 Å². The lowest BCUT2D eigenvalue weighted by molar-refractivity contribution is -0.119. The van der Waals surface area contributed by atoms with Crippen LogP contribution in [0.2, 0.25) is 0 Å². The summed E-state index contributed by atoms with van der Waals surface area (Å²) in [6.45, 7) is 4.16. The normalized spacial score (nSPS) is 20.3. The summed E-state index contributed by atoms with van der Waals surface area (Å²) < 4.78 is 1.09. The molecule has 1 atom stereocenters. The number of nitrogens with zero attached hydrogens (tertiary/aromatic N) is 2. The van der Waals surface area contributed by atoms with Crippen molar-refractivity contribution in [2.45, 2.75) is 25.8 Å². The predicted molar refractivity (Wildman–Crippen MR) is 109 cm³/mol. The number of rotatable bonds is 1. The zero-order valence-electron chi connectivity index (χ0n) is 15.0. The number of amides is 1. The molecule has 1 unspecified atom stereocenters. The maximum Gasteiger partial charge on any atom is 0.263 e. The minimum Gasteiger partial charge on any atom is -0.381 e. The molecule has 0 aliphatic carbocycles. The van der Waals surface area contributed by atoms with Gasteiger partial charge in [-0.3, -0.25) is 9.59 Å². The number of nitrogens with one attached hydrogen (secondary N) is 2. The van der Waals surface area contributed by atoms with Gasteiger partial charge in [-0.2, -0.15) is 0 Å². The van der Waals surface area contributed by atoms with Gasteiger partial charge in [0.05, 0.1) is 11.2 Å². The van der Waals surface area contributed by atoms with E-state index in [1.54, 1.807) is 0 Å². The molecule has 0 radical (unpaired) electrons. The first-order chi connectivity index (χ1) is 13.1. The number of benzene rings is 1. The van der Waals surface area contributed by atoms with Crippen molar-refractivity contribution in [2.24, 2.45) is 0 Å². The van der Waals surface area contributed by atoms with Crippen LogP contribution in [0.5, 0.6) is 0 Å². The molecule has 5 rings (SSSR count). The smallest absolute Gasteiger partial charge is 0.263 e. The summed E-state index contributed by atoms with van der Waals surface area (Å²) >= 11 is 1.52. The minimum atomic E-state index is -0.0144. The van der Waals surface area contributed by atoms with Crippen molar-refractivity contribution in [2.75, 3.05) is 29.9 Å². The standard InChI is InChI=1S/C20H20N4O2S/c1-11-10-21-18-17-13-2-5-16(24-8-6-12(25)7-9-24)23-14(13)3-4-15(17)27-19(18)20(26)22-11/h2-5,11,21H,6-10H2,1H3,(H,22,26). The Kier molecular flexibility index (Phi) is 3.79. The summed E-state index contributed by atoms with van der Waals surface area (Å²) in [5, 5.41) is 8.60. The summed E-state index contributed by atoms with van der Waals surface area (Å²) in [5.74, 6) is 1.22. The molecule has 27 heavy (non-hydrogen) atoms. The second-order valence-corrected chi connectivity index (χ2v) is 8.31. The molecule has 0 spiro atoms. The molecule has 138 valence electrons. The summed E-state index contributed by atoms with van der Waals surface area (Å²) in [7, 11) is 0. The number of pyridine rings is 1. The van der Waals surface area contributed by atoms with E-state index in [-0.39, 0.29) is 11.9 Å². The quantitative estimate of drug-likeness (QED) is 0.678. The fourth-order valence-electron chi connectivity index (χ4n) is 3.88. The maximum atomic E-state index is 12.5. The Bertz CT molecular complexity index is 1080. The lowest BCUT2D eigenvalue weighted by Gasteiger charge is -2.27. The Morgan fingerprint density at radius 1 is 1.15 bits per heavy atom. The average molecular weight is 380 g/mol. The Hall–Kier alpha value is -2.67. The molecule has 2 aromatic heterocycles. The first-order valence-corrected chi connectivity index (χ1v) is 10.1. The molecule has 7 heteroatoms. The van der Waals surface area contributed by atoms with Crippen LogP contribution in [0, 0.1) is 0 Å². The molecular weight excluding hydrogens is 360 g/mol. The number of piperidine rings is 1. The van der Waals surface area contributed by atoms with Gasteiger partial charge in [-0.05, 0) is 31.2 Å². The van der Waals surface area contributed by atoms with Crippen LogP contribution in [0.4, 0.5) is 11.5 Å². The fraction of sp³-hybridized carbons (Fsp3) is 0.350. The number of thiophene rings is 1. The van der Waals surface area contributed by atoms with Gasteiger partial charge in [0.15, 0.2) is 0 Å². The third-order valence-electron chi connectivity index (χ3n) is 5.32. The third-order valence-corrected chi connectivity index (χ3v) is 6.48. The highest BCUT2D eigenvalue weighted by atomic mass is 32.1. The average Bonchev–Trinajstić information content (AvgIpc) is 2.99. The van der Waals surface area contributed by atoms with Crippen LogP contribution in [-0.2, 0) is 4.79 Å². The SMILES string of the molecule is CC1CNc2c(sc3ccc4nc(N5CCC(=O)CC5)ccc4c23)C(=O)N1. The molecule has 1 aromatic carbocycles. The maximum absolute atomic E-state index is 12.5. The number of Topliss-reactive ketones (excluding diaryl/α,β-unsaturated/α-hetero) is 1. The Labute approximate surface area is 160 Å². The highest BCUT2D eigenvalue weighted by molar-refractivity contribution is 7.21. The molecule has 2 N–H and O–H groups in total. The Balaban J connectivity index is 1.63. The molecule has 1 saturated heterocycles. The van der Waals surface area contributed by atoms with Gasteiger partial charge in [0, 0.05) is 54.0 Å². The van der Waals surface area contributed by atoms with E-state index in [1.807, 2.05) is 25.1 Å². The monoisotopic (exact) mass is 380 g/mol. The van der Waals surface area contributed by atoms with E-state index in [0.29, 0.717) is 25.2 Å². The van der Waals surface area contributed by atoms with Crippen molar-refractivity contribution < 1.29 is 9.59 Å². The van der Waals surface area contributed by atoms with Crippen LogP contribution in [0.15, 0.2) is 24.3 Å². The van der Waals surface area contributed by atoms with Crippen LogP contribution < -0.4 is 15.5 Å². The first-order valence-electron chi connectivity index (χ1n) is 9.28. The van der Waals surface area contributed by atoms with Crippen LogP contribution in [0.3, 0.4) is 0 Å². The number of ketones is 1. The van der Waals surface area contributed by atoms with Gasteiger partial charge in [-0.1, -0.05) is 0 Å². The summed E-state index contributed by atoms with van der Waals surface area (Å²) in [4.78, 5) is 31.8. The minimum absolute atomic E-state index is 0.0144. The number of carbonyl (C=O) groups is 2. The van der Waals surface area contributed by atoms with E-state index in [4.69, 9.17) is 4.98 Å². The molecule has 4 heterocycles. The Morgan fingerprint density at radius 2 is 1.96 bits per heavy atom. The predicted octanol–water partition coefficient (Wildman–Crippen LogP) is 3.16. The van der Waals surface area contributed by atoms with E-state index in [9.17, 15) is 9.59 Å². The number of fused-ring (bicyclic) bond motifs is 5. The first kappa shape index (κ1) is 16.5. The van der Waals surface area contributed by atoms with Crippen molar-refractivity contribution in [3.8, 4) is 0 Å². The van der Waals surface area contributed by atoms with Crippen LogP contribution >= 0.6 is 11.3 Å². The fourth-order valence-corrected chi connectivity index (χ4v) is 4.97. The van der Waals surface area contributed by atoms with Crippen molar-refractivity contribution in [1.29, 1.82) is 0 Å². The molecule has 0 saturated carbocycles. The highest BCUT2D eigenvalue weighted by Gasteiger charge is 2.25. The zero-order chi connectivity index (χ0) is 18.5. The summed E-state index contributed by atoms with van der Waals surface area (Å²) in [5.41, 5.74) is 1.83. The van der Waals surface area contributed by atoms with Gasteiger partial charge in [-0.15, -0.1) is 11.3 Å². The van der Waals surface area contributed by atoms with Gasteiger partial charge in [0.2, 0.25) is 0 Å². The number of hydrogen-bond acceptors (Lipinski definition) is 6. The van der Waals surface area contributed by atoms with E-state index >= 15 is 0 Å². The molecule has 0 bridgehead atoms. The lowest BCUT2D eigenvalue weighted by atomic mass is 10.1. The van der Waals surface area contributed by atoms with Gasteiger partial charge < -0.3 is 15.5 Å². The molecule has 1 amide bonds. The van der Waals surface area contributed by atoms with Gasteiger partial charge >= 0.3 is 0 Å². The third kappa shape index (κ3) is 2.73.